The summed E-state index contributed by atoms with van der Waals surface area (Å²) in [6.07, 6.45) is 0. The van der Waals surface area contributed by atoms with Gasteiger partial charge in [-0.15, -0.1) is 0 Å². The number of fused-ring (bicyclic) bond motifs is 14. The van der Waals surface area contributed by atoms with E-state index < -0.39 is 7.12 Å². The highest BCUT2D eigenvalue weighted by Crippen LogP contribution is 2.47. The minimum absolute atomic E-state index is 0.552. The van der Waals surface area contributed by atoms with Crippen LogP contribution in [0, 0.1) is 0 Å². The fourth-order valence-corrected chi connectivity index (χ4v) is 17.2. The highest BCUT2D eigenvalue weighted by atomic mass is 79.9. The first-order valence-corrected chi connectivity index (χ1v) is 38.0. The first-order chi connectivity index (χ1) is 54.2. The van der Waals surface area contributed by atoms with Gasteiger partial charge in [0.05, 0.1) is 0 Å². The molecule has 110 heavy (non-hydrogen) atoms. The van der Waals surface area contributed by atoms with E-state index in [0.717, 1.165) is 81.2 Å². The molecular formula is C104H66BBrO4. The van der Waals surface area contributed by atoms with Crippen LogP contribution in [-0.2, 0) is 0 Å². The summed E-state index contributed by atoms with van der Waals surface area (Å²) in [4.78, 5) is 0. The third kappa shape index (κ3) is 12.0. The van der Waals surface area contributed by atoms with E-state index in [1.54, 1.807) is 0 Å². The molecule has 0 radical (unpaired) electrons. The van der Waals surface area contributed by atoms with Crippen LogP contribution >= 0.6 is 15.9 Å². The highest BCUT2D eigenvalue weighted by molar-refractivity contribution is 9.10. The standard InChI is InChI=1S/C52H32O.C30H21BO2.C22H13BrO/c1-2-12-34-27-39(24-23-33(34)11-1)35-15-9-17-41(28-35)51-43-19-5-7-21-45(43)52(46-22-8-6-20-44(46)51)42-18-10-16-36(29-42)40-25-26-49-47(31-40)48-30-37-13-3-4-14-38(37)32-50(48)53-49;32-31(33)30-27-14-5-3-12-25(27)29(26-13-4-6-15-28(26)30)24-11-7-10-22(19-24)23-17-16-20-8-1-2-9-21(20)18-23;23-18-7-3-6-14(10-18)17-8-9-21-19(12-17)20-11-15-4-1-2-5-16(15)13-22(20)24-21/h1-32H;1-19,32-33H;1-13H. The molecule has 6 heteroatoms. The van der Waals surface area contributed by atoms with Crippen molar-refractivity contribution in [1.82, 2.24) is 0 Å². The second-order valence-corrected chi connectivity index (χ2v) is 29.4. The number of furan rings is 2. The Morgan fingerprint density at radius 2 is 0.445 bits per heavy atom. The van der Waals surface area contributed by atoms with Gasteiger partial charge in [-0.2, -0.15) is 0 Å². The van der Waals surface area contributed by atoms with Gasteiger partial charge in [0.2, 0.25) is 0 Å². The predicted octanol–water partition coefficient (Wildman–Crippen LogP) is 28.2. The van der Waals surface area contributed by atoms with Crippen molar-refractivity contribution < 1.29 is 18.9 Å². The third-order valence-corrected chi connectivity index (χ3v) is 22.4. The van der Waals surface area contributed by atoms with Crippen LogP contribution in [0.3, 0.4) is 0 Å². The second kappa shape index (κ2) is 27.7. The van der Waals surface area contributed by atoms with Crippen LogP contribution in [-0.4, -0.2) is 17.2 Å². The fourth-order valence-electron chi connectivity index (χ4n) is 16.8. The first kappa shape index (κ1) is 66.0. The Hall–Kier alpha value is -13.5. The molecule has 516 valence electrons. The molecule has 4 nitrogen and oxygen atoms in total. The minimum Gasteiger partial charge on any atom is -0.456 e. The topological polar surface area (TPSA) is 66.7 Å². The Morgan fingerprint density at radius 3 is 0.809 bits per heavy atom. The number of rotatable bonds is 8. The van der Waals surface area contributed by atoms with Crippen molar-refractivity contribution in [2.75, 3.05) is 0 Å². The molecule has 22 rings (SSSR count). The molecule has 2 aromatic heterocycles. The van der Waals surface area contributed by atoms with E-state index in [-0.39, 0.29) is 0 Å². The molecule has 0 fully saturated rings. The molecule has 20 aromatic carbocycles. The van der Waals surface area contributed by atoms with Gasteiger partial charge in [-0.1, -0.05) is 313 Å². The molecule has 0 amide bonds. The van der Waals surface area contributed by atoms with Crippen molar-refractivity contribution in [1.29, 1.82) is 0 Å². The Labute approximate surface area is 643 Å². The molecule has 2 heterocycles. The van der Waals surface area contributed by atoms with Gasteiger partial charge in [-0.25, -0.2) is 0 Å². The molecule has 0 atom stereocenters. The van der Waals surface area contributed by atoms with Crippen LogP contribution in [0.1, 0.15) is 0 Å². The number of halogens is 1. The molecule has 22 aromatic rings. The molecule has 2 N–H and O–H groups in total. The van der Waals surface area contributed by atoms with Crippen molar-refractivity contribution in [3.8, 4) is 77.9 Å². The van der Waals surface area contributed by atoms with E-state index in [9.17, 15) is 10.0 Å². The molecule has 0 saturated carbocycles. The second-order valence-electron chi connectivity index (χ2n) is 28.5. The predicted molar refractivity (Wildman–Crippen MR) is 470 cm³/mol. The van der Waals surface area contributed by atoms with Crippen molar-refractivity contribution in [3.05, 3.63) is 393 Å². The van der Waals surface area contributed by atoms with Gasteiger partial charge in [-0.3, -0.25) is 0 Å². The molecule has 0 spiro atoms. The Bertz CT molecular complexity index is 7320. The van der Waals surface area contributed by atoms with Gasteiger partial charge >= 0.3 is 7.12 Å². The normalized spacial score (nSPS) is 11.6. The van der Waals surface area contributed by atoms with Gasteiger partial charge in [-0.05, 0) is 261 Å². The average Bonchev–Trinajstić information content (AvgIpc) is 0.949. The summed E-state index contributed by atoms with van der Waals surface area (Å²) >= 11 is 3.55. The van der Waals surface area contributed by atoms with Gasteiger partial charge in [0, 0.05) is 26.0 Å². The summed E-state index contributed by atoms with van der Waals surface area (Å²) in [6.45, 7) is 0. The van der Waals surface area contributed by atoms with E-state index in [0.29, 0.717) is 5.46 Å². The number of hydrogen-bond acceptors (Lipinski definition) is 4. The van der Waals surface area contributed by atoms with Crippen LogP contribution < -0.4 is 5.46 Å². The Balaban J connectivity index is 0.000000118. The molecule has 0 aliphatic rings. The first-order valence-electron chi connectivity index (χ1n) is 37.2. The maximum atomic E-state index is 10.2. The smallest absolute Gasteiger partial charge is 0.456 e. The summed E-state index contributed by atoms with van der Waals surface area (Å²) in [7, 11) is -1.54. The highest BCUT2D eigenvalue weighted by Gasteiger charge is 2.24. The lowest BCUT2D eigenvalue weighted by Crippen LogP contribution is -2.31. The number of hydrogen-bond donors (Lipinski definition) is 2. The van der Waals surface area contributed by atoms with Crippen LogP contribution in [0.5, 0.6) is 0 Å². The third-order valence-electron chi connectivity index (χ3n) is 21.9. The van der Waals surface area contributed by atoms with Crippen molar-refractivity contribution in [3.63, 3.8) is 0 Å². The van der Waals surface area contributed by atoms with E-state index in [1.165, 1.54) is 131 Å². The van der Waals surface area contributed by atoms with Crippen LogP contribution in [0.2, 0.25) is 0 Å². The lowest BCUT2D eigenvalue weighted by Gasteiger charge is -2.18. The molecule has 0 unspecified atom stereocenters. The molecular weight excluding hydrogens is 1400 g/mol. The quantitative estimate of drug-likeness (QED) is 0.118. The summed E-state index contributed by atoms with van der Waals surface area (Å²) < 4.78 is 13.5. The maximum Gasteiger partial charge on any atom is 0.489 e. The lowest BCUT2D eigenvalue weighted by atomic mass is 9.72. The Morgan fingerprint density at radius 1 is 0.182 bits per heavy atom. The summed E-state index contributed by atoms with van der Waals surface area (Å²) in [5, 5.41) is 43.6. The maximum absolute atomic E-state index is 10.2. The number of benzene rings is 20. The molecule has 0 aliphatic heterocycles. The molecule has 0 bridgehead atoms. The monoisotopic (exact) mass is 1470 g/mol. The zero-order valence-electron chi connectivity index (χ0n) is 59.6. The van der Waals surface area contributed by atoms with Crippen molar-refractivity contribution >= 4 is 159 Å². The fraction of sp³-hybridized carbons (Fsp3) is 0. The van der Waals surface area contributed by atoms with E-state index in [2.05, 4.69) is 362 Å². The summed E-state index contributed by atoms with van der Waals surface area (Å²) in [5.74, 6) is 0. The Kier molecular flexibility index (Phi) is 16.6. The zero-order valence-corrected chi connectivity index (χ0v) is 61.2. The van der Waals surface area contributed by atoms with Crippen LogP contribution in [0.15, 0.2) is 402 Å². The molecule has 0 aliphatic carbocycles. The van der Waals surface area contributed by atoms with Crippen molar-refractivity contribution in [2.45, 2.75) is 0 Å². The van der Waals surface area contributed by atoms with Gasteiger partial charge < -0.3 is 18.9 Å². The van der Waals surface area contributed by atoms with Gasteiger partial charge in [0.1, 0.15) is 22.3 Å². The SMILES string of the molecule is Brc1cccc(-c2ccc3oc4cc5ccccc5cc4c3c2)c1.OB(O)c1c2ccccc2c(-c2cccc(-c3ccc4ccccc4c3)c2)c2ccccc12.c1cc(-c2ccc3ccccc3c2)cc(-c2c3ccccc3c(-c3cccc(-c4ccc5oc6cc7ccccc7cc6c5c4)c3)c3ccccc23)c1. The van der Waals surface area contributed by atoms with Gasteiger partial charge in [0.15, 0.2) is 0 Å². The van der Waals surface area contributed by atoms with Crippen LogP contribution in [0.4, 0.5) is 0 Å². The zero-order chi connectivity index (χ0) is 73.3. The van der Waals surface area contributed by atoms with E-state index in [4.69, 9.17) is 8.83 Å². The summed E-state index contributed by atoms with van der Waals surface area (Å²) in [5.41, 5.74) is 20.9. The lowest BCUT2D eigenvalue weighted by molar-refractivity contribution is 0.426. The molecule has 0 saturated heterocycles. The average molecular weight is 1470 g/mol. The van der Waals surface area contributed by atoms with Crippen molar-refractivity contribution in [2.24, 2.45) is 0 Å². The largest absolute Gasteiger partial charge is 0.489 e. The minimum atomic E-state index is -1.54. The van der Waals surface area contributed by atoms with E-state index in [1.807, 2.05) is 42.5 Å². The van der Waals surface area contributed by atoms with Crippen LogP contribution in [0.25, 0.3) is 208 Å². The van der Waals surface area contributed by atoms with Gasteiger partial charge in [0.25, 0.3) is 0 Å². The van der Waals surface area contributed by atoms with E-state index >= 15 is 0 Å². The summed E-state index contributed by atoms with van der Waals surface area (Å²) in [6, 6.07) is 138.